The number of carboxylic acids is 1. The first-order valence-corrected chi connectivity index (χ1v) is 10.1. The molecule has 0 unspecified atom stereocenters. The van der Waals surface area contributed by atoms with Crippen molar-refractivity contribution in [2.45, 2.75) is 37.6 Å². The molecule has 2 aromatic rings. The van der Waals surface area contributed by atoms with Crippen molar-refractivity contribution in [1.82, 2.24) is 5.32 Å². The Morgan fingerprint density at radius 2 is 1.76 bits per heavy atom. The molecule has 3 N–H and O–H groups in total. The van der Waals surface area contributed by atoms with E-state index in [1.165, 1.54) is 0 Å². The summed E-state index contributed by atoms with van der Waals surface area (Å²) in [5.41, 5.74) is 2.16. The summed E-state index contributed by atoms with van der Waals surface area (Å²) in [4.78, 5) is 34.7. The minimum atomic E-state index is -4.56. The molecule has 0 radical (unpaired) electrons. The van der Waals surface area contributed by atoms with E-state index in [1.807, 2.05) is 30.3 Å². The highest BCUT2D eigenvalue weighted by atomic mass is 35.5. The summed E-state index contributed by atoms with van der Waals surface area (Å²) < 4.78 is 40.8. The number of aliphatic carboxylic acids is 1. The minimum absolute atomic E-state index is 0.0132. The van der Waals surface area contributed by atoms with Crippen molar-refractivity contribution >= 4 is 29.4 Å². The predicted octanol–water partition coefficient (Wildman–Crippen LogP) is 3.37. The van der Waals surface area contributed by atoms with Gasteiger partial charge in [0.25, 0.3) is 0 Å². The second kappa shape index (κ2) is 11.7. The normalized spacial score (nSPS) is 13.1. The molecule has 0 aliphatic heterocycles. The molecular weight excluding hydrogens is 467 g/mol. The van der Waals surface area contributed by atoms with E-state index in [4.69, 9.17) is 16.7 Å². The van der Waals surface area contributed by atoms with Crippen molar-refractivity contribution in [2.24, 2.45) is 0 Å². The number of amides is 1. The number of aliphatic hydroxyl groups excluding tert-OH is 1. The van der Waals surface area contributed by atoms with E-state index in [0.717, 1.165) is 11.1 Å². The number of rotatable bonds is 9. The van der Waals surface area contributed by atoms with Crippen LogP contribution in [0.5, 0.6) is 0 Å². The average Bonchev–Trinajstić information content (AvgIpc) is 2.73. The largest absolute Gasteiger partial charge is 0.479 e. The molecule has 0 aliphatic rings. The number of carboxylic acid groups (broad SMARTS) is 1. The van der Waals surface area contributed by atoms with E-state index >= 15 is 0 Å². The van der Waals surface area contributed by atoms with Crippen molar-refractivity contribution in [2.75, 3.05) is 6.61 Å². The SMILES string of the molecule is O=C(N[C@H](Cc1ccc(-c2ccccc2)c(Cl)c1)C[C@@H](O)C(=O)O)C(=O)OCCC(F)(F)F. The standard InChI is InChI=1S/C22H21ClF3NO6/c23-17-11-13(6-7-16(17)14-4-2-1-3-5-14)10-15(12-18(28)20(30)31)27-19(29)21(32)33-9-8-22(24,25)26/h1-7,11,15,18,28H,8-10,12H2,(H,27,29)(H,30,31)/t15-,18-/m1/s1. The first kappa shape index (κ1) is 26.1. The van der Waals surface area contributed by atoms with E-state index in [0.29, 0.717) is 10.6 Å². The molecule has 11 heteroatoms. The Bertz CT molecular complexity index is 984. The van der Waals surface area contributed by atoms with Crippen molar-refractivity contribution in [3.63, 3.8) is 0 Å². The minimum Gasteiger partial charge on any atom is -0.479 e. The lowest BCUT2D eigenvalue weighted by atomic mass is 9.97. The summed E-state index contributed by atoms with van der Waals surface area (Å²) in [6.45, 7) is -1.03. The lowest BCUT2D eigenvalue weighted by Gasteiger charge is -2.20. The molecule has 0 aliphatic carbocycles. The molecule has 0 spiro atoms. The van der Waals surface area contributed by atoms with Crippen molar-refractivity contribution in [1.29, 1.82) is 0 Å². The first-order valence-electron chi connectivity index (χ1n) is 9.75. The summed E-state index contributed by atoms with van der Waals surface area (Å²) in [6, 6.07) is 13.2. The Morgan fingerprint density at radius 1 is 1.09 bits per heavy atom. The van der Waals surface area contributed by atoms with Gasteiger partial charge in [-0.3, -0.25) is 4.79 Å². The molecule has 1 amide bonds. The smallest absolute Gasteiger partial charge is 0.396 e. The van der Waals surface area contributed by atoms with Gasteiger partial charge in [-0.2, -0.15) is 13.2 Å². The van der Waals surface area contributed by atoms with E-state index in [2.05, 4.69) is 10.1 Å². The zero-order valence-electron chi connectivity index (χ0n) is 17.1. The van der Waals surface area contributed by atoms with Gasteiger partial charge in [0.2, 0.25) is 0 Å². The van der Waals surface area contributed by atoms with Gasteiger partial charge in [0.05, 0.1) is 6.42 Å². The van der Waals surface area contributed by atoms with E-state index in [9.17, 15) is 32.7 Å². The number of alkyl halides is 3. The molecule has 33 heavy (non-hydrogen) atoms. The number of aliphatic hydroxyl groups is 1. The molecule has 0 saturated heterocycles. The quantitative estimate of drug-likeness (QED) is 0.369. The fourth-order valence-electron chi connectivity index (χ4n) is 2.95. The fourth-order valence-corrected chi connectivity index (χ4v) is 3.27. The Kier molecular flexibility index (Phi) is 9.24. The monoisotopic (exact) mass is 487 g/mol. The zero-order valence-corrected chi connectivity index (χ0v) is 17.9. The van der Waals surface area contributed by atoms with E-state index in [1.54, 1.807) is 18.2 Å². The molecule has 2 rings (SSSR count). The van der Waals surface area contributed by atoms with Crippen LogP contribution in [0, 0.1) is 0 Å². The molecule has 2 aromatic carbocycles. The van der Waals surface area contributed by atoms with Gasteiger partial charge in [-0.1, -0.05) is 54.1 Å². The topological polar surface area (TPSA) is 113 Å². The number of ether oxygens (including phenoxy) is 1. The molecule has 178 valence electrons. The van der Waals surface area contributed by atoms with Gasteiger partial charge < -0.3 is 20.3 Å². The maximum atomic E-state index is 12.2. The highest BCUT2D eigenvalue weighted by molar-refractivity contribution is 6.33. The number of carbonyl (C=O) groups is 3. The number of esters is 1. The molecule has 0 fully saturated rings. The molecule has 7 nitrogen and oxygen atoms in total. The summed E-state index contributed by atoms with van der Waals surface area (Å²) in [5.74, 6) is -4.45. The lowest BCUT2D eigenvalue weighted by molar-refractivity contribution is -0.164. The third kappa shape index (κ3) is 8.74. The average molecular weight is 488 g/mol. The number of benzene rings is 2. The summed E-state index contributed by atoms with van der Waals surface area (Å²) >= 11 is 6.36. The van der Waals surface area contributed by atoms with Crippen LogP contribution in [0.25, 0.3) is 11.1 Å². The molecule has 0 aromatic heterocycles. The maximum Gasteiger partial charge on any atom is 0.396 e. The van der Waals surface area contributed by atoms with Gasteiger partial charge >= 0.3 is 24.0 Å². The van der Waals surface area contributed by atoms with E-state index in [-0.39, 0.29) is 6.42 Å². The number of hydrogen-bond donors (Lipinski definition) is 3. The highest BCUT2D eigenvalue weighted by Gasteiger charge is 2.29. The summed E-state index contributed by atoms with van der Waals surface area (Å²) in [6.07, 6.45) is -8.30. The summed E-state index contributed by atoms with van der Waals surface area (Å²) in [7, 11) is 0. The molecule has 2 atom stereocenters. The van der Waals surface area contributed by atoms with Crippen LogP contribution in [0.15, 0.2) is 48.5 Å². The van der Waals surface area contributed by atoms with Gasteiger partial charge in [-0.25, -0.2) is 9.59 Å². The third-order valence-electron chi connectivity index (χ3n) is 4.53. The maximum absolute atomic E-state index is 12.2. The predicted molar refractivity (Wildman–Crippen MR) is 112 cm³/mol. The Hall–Kier alpha value is -3.11. The van der Waals surface area contributed by atoms with Gasteiger partial charge in [-0.15, -0.1) is 0 Å². The Morgan fingerprint density at radius 3 is 2.33 bits per heavy atom. The molecule has 0 bridgehead atoms. The first-order chi connectivity index (χ1) is 15.5. The number of hydrogen-bond acceptors (Lipinski definition) is 5. The number of carbonyl (C=O) groups excluding carboxylic acids is 2. The van der Waals surface area contributed by atoms with Crippen LogP contribution in [-0.4, -0.2) is 53.0 Å². The fraction of sp³-hybridized carbons (Fsp3) is 0.318. The van der Waals surface area contributed by atoms with Crippen LogP contribution in [0.1, 0.15) is 18.4 Å². The Balaban J connectivity index is 2.10. The van der Waals surface area contributed by atoms with Gasteiger partial charge in [-0.05, 0) is 23.6 Å². The molecule has 0 heterocycles. The Labute approximate surface area is 192 Å². The van der Waals surface area contributed by atoms with Gasteiger partial charge in [0.1, 0.15) is 6.61 Å². The van der Waals surface area contributed by atoms with Crippen LogP contribution in [0.3, 0.4) is 0 Å². The number of nitrogens with one attached hydrogen (secondary N) is 1. The van der Waals surface area contributed by atoms with Gasteiger partial charge in [0, 0.05) is 23.0 Å². The van der Waals surface area contributed by atoms with Crippen LogP contribution in [0.4, 0.5) is 13.2 Å². The second-order valence-electron chi connectivity index (χ2n) is 7.15. The highest BCUT2D eigenvalue weighted by Crippen LogP contribution is 2.29. The van der Waals surface area contributed by atoms with Crippen molar-refractivity contribution < 1.29 is 42.5 Å². The van der Waals surface area contributed by atoms with Gasteiger partial charge in [0.15, 0.2) is 6.10 Å². The molecular formula is C22H21ClF3NO6. The van der Waals surface area contributed by atoms with Crippen LogP contribution in [-0.2, 0) is 25.5 Å². The second-order valence-corrected chi connectivity index (χ2v) is 7.55. The third-order valence-corrected chi connectivity index (χ3v) is 4.85. The lowest BCUT2D eigenvalue weighted by Crippen LogP contribution is -2.44. The van der Waals surface area contributed by atoms with Crippen LogP contribution < -0.4 is 5.32 Å². The van der Waals surface area contributed by atoms with Crippen LogP contribution >= 0.6 is 11.6 Å². The van der Waals surface area contributed by atoms with E-state index < -0.39 is 55.6 Å². The number of halogens is 4. The molecule has 0 saturated carbocycles. The summed E-state index contributed by atoms with van der Waals surface area (Å²) in [5, 5.41) is 21.2. The zero-order chi connectivity index (χ0) is 24.6. The van der Waals surface area contributed by atoms with Crippen molar-refractivity contribution in [3.05, 3.63) is 59.1 Å². The van der Waals surface area contributed by atoms with Crippen LogP contribution in [0.2, 0.25) is 5.02 Å². The van der Waals surface area contributed by atoms with Crippen molar-refractivity contribution in [3.8, 4) is 11.1 Å².